The summed E-state index contributed by atoms with van der Waals surface area (Å²) in [6.45, 7) is 13.3. The standard InChI is InChI=1S/C31H44ClN4O2PS2/c1-6-35(7-2)39(37,36(8-3)9-4)31(34-41(38)29-21-15-25(5)16-22-29)30(33-23-26-13-11-10-12-14-26)24-40-28-19-17-27(32)18-20-28/h10-22,30-31,33-34H,6-9,23-24H2,1-5H3/t30-,31-,41?/m1/s1. The number of nitrogens with zero attached hydrogens (tertiary/aromatic N) is 2. The van der Waals surface area contributed by atoms with E-state index in [1.807, 2.05) is 101 Å². The normalized spacial score (nSPS) is 14.3. The van der Waals surface area contributed by atoms with Gasteiger partial charge in [0.1, 0.15) is 16.8 Å². The molecule has 0 saturated carbocycles. The van der Waals surface area contributed by atoms with Crippen LogP contribution in [0.15, 0.2) is 88.7 Å². The molecule has 0 spiro atoms. The Morgan fingerprint density at radius 2 is 1.41 bits per heavy atom. The molecular weight excluding hydrogens is 591 g/mol. The van der Waals surface area contributed by atoms with Gasteiger partial charge in [-0.25, -0.2) is 18.3 Å². The van der Waals surface area contributed by atoms with Gasteiger partial charge in [-0.2, -0.15) is 0 Å². The Kier molecular flexibility index (Phi) is 14.1. The third-order valence-corrected chi connectivity index (χ3v) is 13.8. The molecule has 6 nitrogen and oxygen atoms in total. The average Bonchev–Trinajstić information content (AvgIpc) is 2.99. The molecule has 3 aromatic carbocycles. The van der Waals surface area contributed by atoms with Crippen LogP contribution in [0.25, 0.3) is 0 Å². The molecule has 0 amide bonds. The number of hydrogen-bond acceptors (Lipinski definition) is 4. The minimum absolute atomic E-state index is 0.280. The van der Waals surface area contributed by atoms with E-state index >= 15 is 4.57 Å². The minimum atomic E-state index is -3.27. The van der Waals surface area contributed by atoms with Crippen LogP contribution in [0, 0.1) is 6.92 Å². The molecule has 3 atom stereocenters. The first-order chi connectivity index (χ1) is 19.8. The molecule has 0 heterocycles. The summed E-state index contributed by atoms with van der Waals surface area (Å²) in [6, 6.07) is 25.4. The van der Waals surface area contributed by atoms with Crippen LogP contribution < -0.4 is 10.0 Å². The molecular formula is C31H44ClN4O2PS2. The van der Waals surface area contributed by atoms with Crippen LogP contribution >= 0.6 is 30.8 Å². The van der Waals surface area contributed by atoms with Gasteiger partial charge in [-0.3, -0.25) is 4.57 Å². The molecule has 3 rings (SSSR count). The molecule has 0 aliphatic rings. The van der Waals surface area contributed by atoms with Crippen molar-refractivity contribution in [3.8, 4) is 0 Å². The lowest BCUT2D eigenvalue weighted by molar-refractivity contribution is 0.334. The quantitative estimate of drug-likeness (QED) is 0.119. The average molecular weight is 635 g/mol. The summed E-state index contributed by atoms with van der Waals surface area (Å²) in [4.78, 5) is 1.73. The number of nitrogens with one attached hydrogen (secondary N) is 2. The van der Waals surface area contributed by atoms with Crippen LogP contribution in [-0.4, -0.2) is 57.3 Å². The molecule has 41 heavy (non-hydrogen) atoms. The zero-order chi connectivity index (χ0) is 29.8. The van der Waals surface area contributed by atoms with Crippen LogP contribution in [0.5, 0.6) is 0 Å². The van der Waals surface area contributed by atoms with Crippen LogP contribution in [0.2, 0.25) is 5.02 Å². The molecule has 0 aliphatic heterocycles. The monoisotopic (exact) mass is 634 g/mol. The fourth-order valence-electron chi connectivity index (χ4n) is 4.84. The second kappa shape index (κ2) is 17.0. The summed E-state index contributed by atoms with van der Waals surface area (Å²) < 4.78 is 37.0. The van der Waals surface area contributed by atoms with E-state index in [4.69, 9.17) is 11.6 Å². The Labute approximate surface area is 258 Å². The van der Waals surface area contributed by atoms with Crippen molar-refractivity contribution in [3.05, 3.63) is 95.0 Å². The van der Waals surface area contributed by atoms with Crippen molar-refractivity contribution < 1.29 is 8.77 Å². The molecule has 1 unspecified atom stereocenters. The van der Waals surface area contributed by atoms with E-state index in [0.29, 0.717) is 48.4 Å². The van der Waals surface area contributed by atoms with Crippen LogP contribution in [0.4, 0.5) is 0 Å². The third-order valence-electron chi connectivity index (χ3n) is 7.13. The highest BCUT2D eigenvalue weighted by molar-refractivity contribution is 7.99. The Morgan fingerprint density at radius 1 is 0.854 bits per heavy atom. The molecule has 0 saturated heterocycles. The molecule has 3 aromatic rings. The smallest absolute Gasteiger partial charge is 0.235 e. The summed E-state index contributed by atoms with van der Waals surface area (Å²) in [5, 5.41) is 4.41. The van der Waals surface area contributed by atoms with Gasteiger partial charge in [0.2, 0.25) is 7.44 Å². The van der Waals surface area contributed by atoms with E-state index in [1.54, 1.807) is 11.8 Å². The highest BCUT2D eigenvalue weighted by Crippen LogP contribution is 2.57. The molecule has 0 aromatic heterocycles. The molecule has 0 bridgehead atoms. The lowest BCUT2D eigenvalue weighted by Crippen LogP contribution is -2.54. The van der Waals surface area contributed by atoms with E-state index in [2.05, 4.69) is 31.5 Å². The maximum atomic E-state index is 15.6. The summed E-state index contributed by atoms with van der Waals surface area (Å²) in [6.07, 6.45) is 0. The Bertz CT molecular complexity index is 1240. The molecule has 0 radical (unpaired) electrons. The number of halogens is 1. The van der Waals surface area contributed by atoms with Crippen LogP contribution in [0.3, 0.4) is 0 Å². The van der Waals surface area contributed by atoms with Gasteiger partial charge in [0.05, 0.1) is 4.90 Å². The van der Waals surface area contributed by atoms with Crippen molar-refractivity contribution in [2.45, 2.75) is 62.8 Å². The Hall–Kier alpha value is -1.48. The van der Waals surface area contributed by atoms with Crippen molar-refractivity contribution in [2.75, 3.05) is 31.9 Å². The molecule has 0 fully saturated rings. The highest BCUT2D eigenvalue weighted by atomic mass is 35.5. The SMILES string of the molecule is CCN(CC)P(=O)([C@@H](NS(=O)c1ccc(C)cc1)[C@@H](CSc1ccc(Cl)cc1)NCc1ccccc1)N(CC)CC. The predicted octanol–water partition coefficient (Wildman–Crippen LogP) is 7.41. The van der Waals surface area contributed by atoms with Gasteiger partial charge >= 0.3 is 0 Å². The molecule has 2 N–H and O–H groups in total. The van der Waals surface area contributed by atoms with Crippen LogP contribution in [-0.2, 0) is 22.1 Å². The van der Waals surface area contributed by atoms with Gasteiger partial charge in [-0.1, -0.05) is 87.3 Å². The lowest BCUT2D eigenvalue weighted by Gasteiger charge is -2.45. The van der Waals surface area contributed by atoms with Gasteiger partial charge in [0.15, 0.2) is 0 Å². The van der Waals surface area contributed by atoms with Crippen molar-refractivity contribution in [1.82, 2.24) is 19.4 Å². The van der Waals surface area contributed by atoms with E-state index in [1.165, 1.54) is 0 Å². The first-order valence-electron chi connectivity index (χ1n) is 14.3. The number of thioether (sulfide) groups is 1. The molecule has 10 heteroatoms. The van der Waals surface area contributed by atoms with Gasteiger partial charge in [-0.05, 0) is 48.9 Å². The minimum Gasteiger partial charge on any atom is -0.307 e. The van der Waals surface area contributed by atoms with Gasteiger partial charge in [-0.15, -0.1) is 11.8 Å². The fourth-order valence-corrected chi connectivity index (χ4v) is 11.2. The van der Waals surface area contributed by atoms with E-state index < -0.39 is 24.2 Å². The number of aryl methyl sites for hydroxylation is 1. The Morgan fingerprint density at radius 3 is 1.95 bits per heavy atom. The summed E-state index contributed by atoms with van der Waals surface area (Å²) in [7, 11) is -4.85. The Balaban J connectivity index is 2.09. The van der Waals surface area contributed by atoms with Crippen LogP contribution in [0.1, 0.15) is 38.8 Å². The highest BCUT2D eigenvalue weighted by Gasteiger charge is 2.46. The lowest BCUT2D eigenvalue weighted by atomic mass is 10.2. The van der Waals surface area contributed by atoms with Crippen molar-refractivity contribution in [3.63, 3.8) is 0 Å². The number of rotatable bonds is 17. The third kappa shape index (κ3) is 9.25. The van der Waals surface area contributed by atoms with Crippen molar-refractivity contribution in [1.29, 1.82) is 0 Å². The van der Waals surface area contributed by atoms with Crippen molar-refractivity contribution >= 4 is 41.8 Å². The van der Waals surface area contributed by atoms with E-state index in [9.17, 15) is 4.21 Å². The van der Waals surface area contributed by atoms with Gasteiger partial charge in [0.25, 0.3) is 0 Å². The zero-order valence-corrected chi connectivity index (χ0v) is 28.0. The van der Waals surface area contributed by atoms with Gasteiger partial charge < -0.3 is 5.32 Å². The maximum absolute atomic E-state index is 15.6. The molecule has 224 valence electrons. The number of benzene rings is 3. The summed E-state index contributed by atoms with van der Waals surface area (Å²) in [5.41, 5.74) is 2.23. The second-order valence-corrected chi connectivity index (χ2v) is 15.4. The zero-order valence-electron chi connectivity index (χ0n) is 24.8. The van der Waals surface area contributed by atoms with Gasteiger partial charge in [0, 0.05) is 54.4 Å². The first kappa shape index (κ1) is 34.0. The topological polar surface area (TPSA) is 64.7 Å². The fraction of sp³-hybridized carbons (Fsp3) is 0.419. The largest absolute Gasteiger partial charge is 0.307 e. The second-order valence-electron chi connectivity index (χ2n) is 9.75. The summed E-state index contributed by atoms with van der Waals surface area (Å²) in [5.74, 6) is -0.00280. The van der Waals surface area contributed by atoms with Crippen molar-refractivity contribution in [2.24, 2.45) is 0 Å². The van der Waals surface area contributed by atoms with E-state index in [0.717, 1.165) is 16.0 Å². The molecule has 0 aliphatic carbocycles. The summed E-state index contributed by atoms with van der Waals surface area (Å²) >= 11 is 7.82. The predicted molar refractivity (Wildman–Crippen MR) is 177 cm³/mol. The first-order valence-corrected chi connectivity index (χ1v) is 18.5. The maximum Gasteiger partial charge on any atom is 0.235 e. The van der Waals surface area contributed by atoms with E-state index in [-0.39, 0.29) is 6.04 Å². The number of hydrogen-bond donors (Lipinski definition) is 2.